The van der Waals surface area contributed by atoms with E-state index in [1.54, 1.807) is 31.2 Å². The van der Waals surface area contributed by atoms with Crippen molar-refractivity contribution < 1.29 is 14.3 Å². The number of nitrogens with zero attached hydrogens (tertiary/aromatic N) is 1. The van der Waals surface area contributed by atoms with E-state index in [4.69, 9.17) is 16.3 Å². The van der Waals surface area contributed by atoms with Gasteiger partial charge in [0.15, 0.2) is 6.10 Å². The van der Waals surface area contributed by atoms with Crippen LogP contribution in [0, 0.1) is 0 Å². The molecule has 0 saturated carbocycles. The number of amides is 2. The van der Waals surface area contributed by atoms with Crippen molar-refractivity contribution in [2.24, 2.45) is 0 Å². The number of nitrogens with one attached hydrogen (secondary N) is 1. The van der Waals surface area contributed by atoms with Gasteiger partial charge in [-0.3, -0.25) is 9.59 Å². The number of carbonyl (C=O) groups is 2. The third-order valence-electron chi connectivity index (χ3n) is 2.82. The lowest BCUT2D eigenvalue weighted by atomic mass is 10.2. The highest BCUT2D eigenvalue weighted by Crippen LogP contribution is 2.17. The molecule has 5 nitrogen and oxygen atoms in total. The standard InChI is InChI=1S/C13H15ClN2O3/c1-9(19-11-4-2-10(14)3-5-11)13(18)16-7-6-15-12(17)8-16/h2-5,9H,6-8H2,1H3,(H,15,17). The lowest BCUT2D eigenvalue weighted by Crippen LogP contribution is -2.53. The molecule has 0 bridgehead atoms. The Morgan fingerprint density at radius 1 is 1.42 bits per heavy atom. The third-order valence-corrected chi connectivity index (χ3v) is 3.08. The van der Waals surface area contributed by atoms with Crippen LogP contribution in [0.1, 0.15) is 6.92 Å². The van der Waals surface area contributed by atoms with Crippen LogP contribution in [0.2, 0.25) is 5.02 Å². The summed E-state index contributed by atoms with van der Waals surface area (Å²) in [5.74, 6) is 0.245. The summed E-state index contributed by atoms with van der Waals surface area (Å²) in [4.78, 5) is 24.8. The predicted molar refractivity (Wildman–Crippen MR) is 71.1 cm³/mol. The number of hydrogen-bond acceptors (Lipinski definition) is 3. The zero-order chi connectivity index (χ0) is 13.8. The fraction of sp³-hybridized carbons (Fsp3) is 0.385. The molecule has 1 unspecified atom stereocenters. The van der Waals surface area contributed by atoms with Crippen LogP contribution in [0.25, 0.3) is 0 Å². The van der Waals surface area contributed by atoms with Crippen molar-refractivity contribution in [3.63, 3.8) is 0 Å². The molecule has 102 valence electrons. The number of hydrogen-bond donors (Lipinski definition) is 1. The Kier molecular flexibility index (Phi) is 4.27. The molecule has 0 spiro atoms. The first-order chi connectivity index (χ1) is 9.06. The number of halogens is 1. The molecular formula is C13H15ClN2O3. The van der Waals surface area contributed by atoms with Crippen molar-refractivity contribution in [1.82, 2.24) is 10.2 Å². The minimum Gasteiger partial charge on any atom is -0.481 e. The fourth-order valence-corrected chi connectivity index (χ4v) is 1.98. The number of piperazine rings is 1. The smallest absolute Gasteiger partial charge is 0.263 e. The molecule has 0 aliphatic carbocycles. The van der Waals surface area contributed by atoms with Crippen molar-refractivity contribution in [2.45, 2.75) is 13.0 Å². The maximum absolute atomic E-state index is 12.1. The summed E-state index contributed by atoms with van der Waals surface area (Å²) in [5.41, 5.74) is 0. The lowest BCUT2D eigenvalue weighted by Gasteiger charge is -2.29. The number of rotatable bonds is 3. The van der Waals surface area contributed by atoms with E-state index in [0.717, 1.165) is 0 Å². The van der Waals surface area contributed by atoms with Crippen molar-refractivity contribution in [3.8, 4) is 5.75 Å². The minimum absolute atomic E-state index is 0.0904. The van der Waals surface area contributed by atoms with Gasteiger partial charge in [-0.1, -0.05) is 11.6 Å². The Hall–Kier alpha value is -1.75. The van der Waals surface area contributed by atoms with E-state index < -0.39 is 6.10 Å². The summed E-state index contributed by atoms with van der Waals surface area (Å²) in [6.45, 7) is 2.76. The highest BCUT2D eigenvalue weighted by atomic mass is 35.5. The summed E-state index contributed by atoms with van der Waals surface area (Å²) in [5, 5.41) is 3.28. The van der Waals surface area contributed by atoms with Gasteiger partial charge in [-0.05, 0) is 31.2 Å². The van der Waals surface area contributed by atoms with Crippen LogP contribution in [-0.4, -0.2) is 42.5 Å². The van der Waals surface area contributed by atoms with E-state index in [1.807, 2.05) is 0 Å². The normalized spacial score (nSPS) is 16.7. The Morgan fingerprint density at radius 2 is 2.11 bits per heavy atom. The topological polar surface area (TPSA) is 58.6 Å². The first kappa shape index (κ1) is 13.7. The summed E-state index contributed by atoms with van der Waals surface area (Å²) in [6, 6.07) is 6.80. The van der Waals surface area contributed by atoms with Crippen molar-refractivity contribution in [2.75, 3.05) is 19.6 Å². The first-order valence-corrected chi connectivity index (χ1v) is 6.42. The molecule has 1 aromatic carbocycles. The molecule has 1 aliphatic rings. The maximum Gasteiger partial charge on any atom is 0.263 e. The van der Waals surface area contributed by atoms with E-state index in [-0.39, 0.29) is 18.4 Å². The van der Waals surface area contributed by atoms with Gasteiger partial charge >= 0.3 is 0 Å². The molecule has 2 rings (SSSR count). The number of carbonyl (C=O) groups excluding carboxylic acids is 2. The molecule has 1 fully saturated rings. The first-order valence-electron chi connectivity index (χ1n) is 6.04. The zero-order valence-corrected chi connectivity index (χ0v) is 11.3. The highest BCUT2D eigenvalue weighted by molar-refractivity contribution is 6.30. The summed E-state index contributed by atoms with van der Waals surface area (Å²) in [7, 11) is 0. The van der Waals surface area contributed by atoms with E-state index in [9.17, 15) is 9.59 Å². The van der Waals surface area contributed by atoms with Crippen molar-refractivity contribution >= 4 is 23.4 Å². The molecule has 19 heavy (non-hydrogen) atoms. The molecule has 0 aromatic heterocycles. The molecule has 1 atom stereocenters. The van der Waals surface area contributed by atoms with Gasteiger partial charge in [-0.25, -0.2) is 0 Å². The number of ether oxygens (including phenoxy) is 1. The van der Waals surface area contributed by atoms with E-state index >= 15 is 0 Å². The molecule has 0 radical (unpaired) electrons. The fourth-order valence-electron chi connectivity index (χ4n) is 1.85. The van der Waals surface area contributed by atoms with Gasteiger partial charge in [0.2, 0.25) is 5.91 Å². The summed E-state index contributed by atoms with van der Waals surface area (Å²) < 4.78 is 5.54. The minimum atomic E-state index is -0.632. The van der Waals surface area contributed by atoms with Crippen LogP contribution in [-0.2, 0) is 9.59 Å². The van der Waals surface area contributed by atoms with Crippen LogP contribution in [0.5, 0.6) is 5.75 Å². The van der Waals surface area contributed by atoms with Crippen molar-refractivity contribution in [3.05, 3.63) is 29.3 Å². The maximum atomic E-state index is 12.1. The second kappa shape index (κ2) is 5.93. The van der Waals surface area contributed by atoms with Gasteiger partial charge < -0.3 is 15.0 Å². The Bertz CT molecular complexity index is 475. The lowest BCUT2D eigenvalue weighted by molar-refractivity contribution is -0.143. The molecule has 1 aliphatic heterocycles. The van der Waals surface area contributed by atoms with Crippen LogP contribution in [0.3, 0.4) is 0 Å². The SMILES string of the molecule is CC(Oc1ccc(Cl)cc1)C(=O)N1CCNC(=O)C1. The summed E-state index contributed by atoms with van der Waals surface area (Å²) in [6.07, 6.45) is -0.632. The monoisotopic (exact) mass is 282 g/mol. The average Bonchev–Trinajstić information content (AvgIpc) is 2.40. The van der Waals surface area contributed by atoms with Gasteiger partial charge in [0.25, 0.3) is 5.91 Å². The zero-order valence-electron chi connectivity index (χ0n) is 10.6. The van der Waals surface area contributed by atoms with E-state index in [0.29, 0.717) is 23.9 Å². The van der Waals surface area contributed by atoms with Gasteiger partial charge in [0, 0.05) is 18.1 Å². The molecule has 1 saturated heterocycles. The van der Waals surface area contributed by atoms with Crippen LogP contribution in [0.15, 0.2) is 24.3 Å². The average molecular weight is 283 g/mol. The van der Waals surface area contributed by atoms with Gasteiger partial charge in [-0.2, -0.15) is 0 Å². The Balaban J connectivity index is 1.95. The molecule has 1 aromatic rings. The van der Waals surface area contributed by atoms with Crippen LogP contribution >= 0.6 is 11.6 Å². The van der Waals surface area contributed by atoms with E-state index in [2.05, 4.69) is 5.32 Å². The van der Waals surface area contributed by atoms with Crippen LogP contribution in [0.4, 0.5) is 0 Å². The molecule has 1 N–H and O–H groups in total. The van der Waals surface area contributed by atoms with Crippen LogP contribution < -0.4 is 10.1 Å². The van der Waals surface area contributed by atoms with Gasteiger partial charge in [0.05, 0.1) is 6.54 Å². The Labute approximate surface area is 116 Å². The molecule has 1 heterocycles. The quantitative estimate of drug-likeness (QED) is 0.902. The van der Waals surface area contributed by atoms with Gasteiger partial charge in [-0.15, -0.1) is 0 Å². The number of benzene rings is 1. The largest absolute Gasteiger partial charge is 0.481 e. The molecule has 2 amide bonds. The second-order valence-corrected chi connectivity index (χ2v) is 4.76. The van der Waals surface area contributed by atoms with Crippen molar-refractivity contribution in [1.29, 1.82) is 0 Å². The molecule has 6 heteroatoms. The summed E-state index contributed by atoms with van der Waals surface area (Å²) >= 11 is 5.77. The third kappa shape index (κ3) is 3.61. The Morgan fingerprint density at radius 3 is 2.74 bits per heavy atom. The van der Waals surface area contributed by atoms with Gasteiger partial charge in [0.1, 0.15) is 5.75 Å². The highest BCUT2D eigenvalue weighted by Gasteiger charge is 2.26. The molecular weight excluding hydrogens is 268 g/mol. The van der Waals surface area contributed by atoms with E-state index in [1.165, 1.54) is 4.90 Å². The predicted octanol–water partition coefficient (Wildman–Crippen LogP) is 1.07. The second-order valence-electron chi connectivity index (χ2n) is 4.32.